The van der Waals surface area contributed by atoms with Crippen LogP contribution in [-0.4, -0.2) is 42.9 Å². The molecule has 1 aliphatic heterocycles. The predicted octanol–water partition coefficient (Wildman–Crippen LogP) is 3.51. The summed E-state index contributed by atoms with van der Waals surface area (Å²) in [5.74, 6) is -4.53. The predicted molar refractivity (Wildman–Crippen MR) is 107 cm³/mol. The zero-order valence-electron chi connectivity index (χ0n) is 15.7. The van der Waals surface area contributed by atoms with Crippen molar-refractivity contribution in [2.24, 2.45) is 5.92 Å². The first-order valence-electron chi connectivity index (χ1n) is 8.94. The summed E-state index contributed by atoms with van der Waals surface area (Å²) in [6, 6.07) is 4.53. The van der Waals surface area contributed by atoms with Gasteiger partial charge in [0.2, 0.25) is 10.0 Å². The van der Waals surface area contributed by atoms with Crippen molar-refractivity contribution >= 4 is 37.5 Å². The fourth-order valence-electron chi connectivity index (χ4n) is 3.13. The lowest BCUT2D eigenvalue weighted by Gasteiger charge is -2.33. The maximum absolute atomic E-state index is 14.4. The number of anilines is 1. The summed E-state index contributed by atoms with van der Waals surface area (Å²) >= 11 is 2.95. The van der Waals surface area contributed by atoms with Crippen LogP contribution in [0, 0.1) is 23.4 Å². The first-order chi connectivity index (χ1) is 14.0. The topological polar surface area (TPSA) is 86.7 Å². The van der Waals surface area contributed by atoms with Gasteiger partial charge in [-0.3, -0.25) is 4.79 Å². The van der Waals surface area contributed by atoms with Crippen molar-refractivity contribution in [1.82, 2.24) is 4.31 Å². The molecule has 2 aromatic carbocycles. The summed E-state index contributed by atoms with van der Waals surface area (Å²) < 4.78 is 68.8. The van der Waals surface area contributed by atoms with E-state index < -0.39 is 49.9 Å². The average Bonchev–Trinajstić information content (AvgIpc) is 2.66. The van der Waals surface area contributed by atoms with E-state index in [0.717, 1.165) is 10.4 Å². The van der Waals surface area contributed by atoms with Crippen LogP contribution in [0.2, 0.25) is 0 Å². The van der Waals surface area contributed by atoms with Crippen LogP contribution >= 0.6 is 15.9 Å². The number of carbonyl (C=O) groups is 1. The summed E-state index contributed by atoms with van der Waals surface area (Å²) in [6.45, 7) is 1.59. The standard InChI is InChI=1S/C19H18BrF3N2O4S/c1-10-9-25(5-4-17(10)26)30(28,29)18-7-12(15(22)8-16(18)23)19(27)24-11-2-3-14(21)13(20)6-11/h2-3,6-8,10,17,26H,4-5,9H2,1H3,(H,24,27). The Hall–Kier alpha value is -1.95. The van der Waals surface area contributed by atoms with E-state index in [2.05, 4.69) is 21.2 Å². The molecule has 11 heteroatoms. The number of rotatable bonds is 4. The Bertz CT molecular complexity index is 1100. The van der Waals surface area contributed by atoms with Gasteiger partial charge in [0.15, 0.2) is 0 Å². The van der Waals surface area contributed by atoms with Crippen LogP contribution in [0.1, 0.15) is 23.7 Å². The smallest absolute Gasteiger partial charge is 0.258 e. The molecule has 1 heterocycles. The second-order valence-electron chi connectivity index (χ2n) is 7.04. The van der Waals surface area contributed by atoms with Gasteiger partial charge in [-0.15, -0.1) is 0 Å². The number of amides is 1. The Balaban J connectivity index is 1.93. The molecule has 2 atom stereocenters. The molecule has 2 aromatic rings. The molecule has 0 radical (unpaired) electrons. The highest BCUT2D eigenvalue weighted by atomic mass is 79.9. The van der Waals surface area contributed by atoms with Crippen LogP contribution in [0.5, 0.6) is 0 Å². The van der Waals surface area contributed by atoms with Crippen molar-refractivity contribution < 1.29 is 31.5 Å². The number of benzene rings is 2. The summed E-state index contributed by atoms with van der Waals surface area (Å²) in [6.07, 6.45) is -0.499. The average molecular weight is 507 g/mol. The van der Waals surface area contributed by atoms with Crippen molar-refractivity contribution in [3.8, 4) is 0 Å². The highest BCUT2D eigenvalue weighted by Crippen LogP contribution is 2.28. The third-order valence-electron chi connectivity index (χ3n) is 4.88. The van der Waals surface area contributed by atoms with Gasteiger partial charge in [-0.25, -0.2) is 21.6 Å². The van der Waals surface area contributed by atoms with Crippen LogP contribution in [0.3, 0.4) is 0 Å². The number of nitrogens with one attached hydrogen (secondary N) is 1. The van der Waals surface area contributed by atoms with E-state index in [1.165, 1.54) is 12.1 Å². The Kier molecular flexibility index (Phi) is 6.56. The molecule has 1 saturated heterocycles. The number of sulfonamides is 1. The van der Waals surface area contributed by atoms with Gasteiger partial charge >= 0.3 is 0 Å². The first kappa shape index (κ1) is 22.7. The van der Waals surface area contributed by atoms with E-state index in [9.17, 15) is 31.5 Å². The fourth-order valence-corrected chi connectivity index (χ4v) is 5.13. The minimum atomic E-state index is -4.36. The molecule has 6 nitrogen and oxygen atoms in total. The normalized spacial score (nSPS) is 20.2. The maximum Gasteiger partial charge on any atom is 0.258 e. The van der Waals surface area contributed by atoms with Crippen molar-refractivity contribution in [1.29, 1.82) is 0 Å². The van der Waals surface area contributed by atoms with Crippen molar-refractivity contribution in [3.63, 3.8) is 0 Å². The largest absolute Gasteiger partial charge is 0.393 e. The molecule has 2 N–H and O–H groups in total. The molecule has 162 valence electrons. The quantitative estimate of drug-likeness (QED) is 0.664. The van der Waals surface area contributed by atoms with E-state index in [1.807, 2.05) is 0 Å². The molecule has 2 unspecified atom stereocenters. The summed E-state index contributed by atoms with van der Waals surface area (Å²) in [5, 5.41) is 12.1. The molecule has 1 fully saturated rings. The summed E-state index contributed by atoms with van der Waals surface area (Å²) in [4.78, 5) is 11.6. The molecule has 0 spiro atoms. The molecule has 0 aromatic heterocycles. The lowest BCUT2D eigenvalue weighted by atomic mass is 9.99. The summed E-state index contributed by atoms with van der Waals surface area (Å²) in [7, 11) is -4.36. The van der Waals surface area contributed by atoms with E-state index in [-0.39, 0.29) is 35.6 Å². The highest BCUT2D eigenvalue weighted by Gasteiger charge is 2.35. The lowest BCUT2D eigenvalue weighted by Crippen LogP contribution is -2.45. The van der Waals surface area contributed by atoms with Gasteiger partial charge in [0.1, 0.15) is 22.3 Å². The summed E-state index contributed by atoms with van der Waals surface area (Å²) in [5.41, 5.74) is -0.555. The molecule has 1 aliphatic rings. The van der Waals surface area contributed by atoms with Crippen LogP contribution in [0.25, 0.3) is 0 Å². The minimum absolute atomic E-state index is 0.0320. The molecule has 3 rings (SSSR count). The van der Waals surface area contributed by atoms with E-state index in [0.29, 0.717) is 12.1 Å². The lowest BCUT2D eigenvalue weighted by molar-refractivity contribution is 0.0628. The monoisotopic (exact) mass is 506 g/mol. The van der Waals surface area contributed by atoms with Crippen LogP contribution in [0.15, 0.2) is 39.7 Å². The molecule has 0 saturated carbocycles. The van der Waals surface area contributed by atoms with Crippen molar-refractivity contribution in [2.75, 3.05) is 18.4 Å². The van der Waals surface area contributed by atoms with Gasteiger partial charge in [-0.1, -0.05) is 6.92 Å². The number of halogens is 4. The van der Waals surface area contributed by atoms with Crippen LogP contribution in [-0.2, 0) is 10.0 Å². The molecular formula is C19H18BrF3N2O4S. The third-order valence-corrected chi connectivity index (χ3v) is 7.37. The molecular weight excluding hydrogens is 489 g/mol. The fraction of sp³-hybridized carbons (Fsp3) is 0.316. The first-order valence-corrected chi connectivity index (χ1v) is 11.2. The number of hydrogen-bond acceptors (Lipinski definition) is 4. The zero-order chi connectivity index (χ0) is 22.2. The van der Waals surface area contributed by atoms with Gasteiger partial charge < -0.3 is 10.4 Å². The minimum Gasteiger partial charge on any atom is -0.393 e. The number of piperidine rings is 1. The van der Waals surface area contributed by atoms with E-state index >= 15 is 0 Å². The number of hydrogen-bond donors (Lipinski definition) is 2. The van der Waals surface area contributed by atoms with Crippen LogP contribution in [0.4, 0.5) is 18.9 Å². The van der Waals surface area contributed by atoms with Gasteiger partial charge in [0.25, 0.3) is 5.91 Å². The Labute approximate surface area is 179 Å². The Morgan fingerprint density at radius 1 is 1.17 bits per heavy atom. The van der Waals surface area contributed by atoms with Crippen molar-refractivity contribution in [3.05, 3.63) is 57.8 Å². The second-order valence-corrected chi connectivity index (χ2v) is 9.80. The number of carbonyl (C=O) groups excluding carboxylic acids is 1. The van der Waals surface area contributed by atoms with Gasteiger partial charge in [0.05, 0.1) is 16.1 Å². The SMILES string of the molecule is CC1CN(S(=O)(=O)c2cc(C(=O)Nc3ccc(F)c(Br)c3)c(F)cc2F)CCC1O. The second kappa shape index (κ2) is 8.66. The zero-order valence-corrected chi connectivity index (χ0v) is 18.1. The highest BCUT2D eigenvalue weighted by molar-refractivity contribution is 9.10. The Morgan fingerprint density at radius 3 is 2.50 bits per heavy atom. The van der Waals surface area contributed by atoms with E-state index in [4.69, 9.17) is 0 Å². The molecule has 30 heavy (non-hydrogen) atoms. The van der Waals surface area contributed by atoms with Crippen molar-refractivity contribution in [2.45, 2.75) is 24.3 Å². The molecule has 0 bridgehead atoms. The van der Waals surface area contributed by atoms with Gasteiger partial charge in [0, 0.05) is 24.8 Å². The number of aliphatic hydroxyl groups is 1. The Morgan fingerprint density at radius 2 is 1.87 bits per heavy atom. The third kappa shape index (κ3) is 4.53. The molecule has 0 aliphatic carbocycles. The maximum atomic E-state index is 14.4. The number of nitrogens with zero attached hydrogens (tertiary/aromatic N) is 1. The molecule has 1 amide bonds. The van der Waals surface area contributed by atoms with Gasteiger partial charge in [-0.05, 0) is 52.5 Å². The van der Waals surface area contributed by atoms with Crippen LogP contribution < -0.4 is 5.32 Å². The van der Waals surface area contributed by atoms with E-state index in [1.54, 1.807) is 6.92 Å². The van der Waals surface area contributed by atoms with Gasteiger partial charge in [-0.2, -0.15) is 4.31 Å². The number of aliphatic hydroxyl groups excluding tert-OH is 1.